The number of hydrogen-bond acceptors (Lipinski definition) is 10. The van der Waals surface area contributed by atoms with Crippen LogP contribution in [-0.2, 0) is 0 Å². The van der Waals surface area contributed by atoms with E-state index in [1.807, 2.05) is 0 Å². The average molecular weight is 482 g/mol. The second-order valence-corrected chi connectivity index (χ2v) is 8.25. The minimum Gasteiger partial charge on any atom is -0.436 e. The van der Waals surface area contributed by atoms with E-state index >= 15 is 0 Å². The first-order valence-corrected chi connectivity index (χ1v) is 10.6. The molecule has 2 aromatic heterocycles. The van der Waals surface area contributed by atoms with Crippen molar-refractivity contribution < 1.29 is 32.9 Å². The van der Waals surface area contributed by atoms with E-state index in [1.165, 1.54) is 0 Å². The predicted octanol–water partition coefficient (Wildman–Crippen LogP) is 2.47. The highest BCUT2D eigenvalue weighted by Gasteiger charge is 2.47. The van der Waals surface area contributed by atoms with E-state index in [1.54, 1.807) is 32.2 Å². The zero-order chi connectivity index (χ0) is 24.7. The van der Waals surface area contributed by atoms with Crippen molar-refractivity contribution in [2.75, 3.05) is 36.1 Å². The number of alkyl halides is 3. The molecule has 1 saturated carbocycles. The van der Waals surface area contributed by atoms with Crippen LogP contribution in [-0.4, -0.2) is 68.5 Å². The summed E-state index contributed by atoms with van der Waals surface area (Å²) >= 11 is 0. The van der Waals surface area contributed by atoms with Gasteiger partial charge in [0, 0.05) is 25.3 Å². The largest absolute Gasteiger partial charge is 0.436 e. The Balaban J connectivity index is 1.78. The van der Waals surface area contributed by atoms with Gasteiger partial charge in [0.2, 0.25) is 11.8 Å². The summed E-state index contributed by atoms with van der Waals surface area (Å²) in [5, 5.41) is 38.9. The van der Waals surface area contributed by atoms with E-state index in [9.17, 15) is 28.5 Å². The molecule has 13 heteroatoms. The smallest absolute Gasteiger partial charge is 0.405 e. The molecule has 0 unspecified atom stereocenters. The number of benzene rings is 1. The molecule has 34 heavy (non-hydrogen) atoms. The molecule has 10 nitrogen and oxygen atoms in total. The number of nitrogens with one attached hydrogen (secondary N) is 3. The third-order valence-electron chi connectivity index (χ3n) is 5.83. The van der Waals surface area contributed by atoms with E-state index in [0.717, 1.165) is 5.69 Å². The van der Waals surface area contributed by atoms with Gasteiger partial charge in [0.1, 0.15) is 29.5 Å². The van der Waals surface area contributed by atoms with Crippen LogP contribution in [0, 0.1) is 12.8 Å². The van der Waals surface area contributed by atoms with Gasteiger partial charge in [-0.25, -0.2) is 9.97 Å². The van der Waals surface area contributed by atoms with Gasteiger partial charge in [-0.15, -0.1) is 0 Å². The lowest BCUT2D eigenvalue weighted by Crippen LogP contribution is -2.48. The van der Waals surface area contributed by atoms with Crippen LogP contribution >= 0.6 is 0 Å². The van der Waals surface area contributed by atoms with Gasteiger partial charge in [-0.2, -0.15) is 18.2 Å². The number of rotatable bonds is 7. The van der Waals surface area contributed by atoms with Crippen molar-refractivity contribution in [2.24, 2.45) is 5.92 Å². The van der Waals surface area contributed by atoms with E-state index in [2.05, 4.69) is 30.9 Å². The van der Waals surface area contributed by atoms with Crippen LogP contribution in [0.5, 0.6) is 0 Å². The topological polar surface area (TPSA) is 149 Å². The van der Waals surface area contributed by atoms with Gasteiger partial charge < -0.3 is 35.7 Å². The van der Waals surface area contributed by atoms with Crippen LogP contribution in [0.15, 0.2) is 22.6 Å². The van der Waals surface area contributed by atoms with Gasteiger partial charge in [-0.1, -0.05) is 0 Å². The fraction of sp³-hybridized carbons (Fsp3) is 0.476. The molecule has 3 aromatic rings. The molecular weight excluding hydrogens is 457 g/mol. The second-order valence-electron chi connectivity index (χ2n) is 8.25. The first-order valence-electron chi connectivity index (χ1n) is 10.6. The molecule has 1 fully saturated rings. The van der Waals surface area contributed by atoms with Crippen LogP contribution < -0.4 is 16.0 Å². The number of aryl methyl sites for hydroxylation is 1. The van der Waals surface area contributed by atoms with E-state index in [4.69, 9.17) is 4.42 Å². The van der Waals surface area contributed by atoms with Crippen LogP contribution in [0.2, 0.25) is 0 Å². The van der Waals surface area contributed by atoms with Crippen molar-refractivity contribution in [3.05, 3.63) is 23.9 Å². The molecule has 4 rings (SSSR count). The third kappa shape index (κ3) is 4.72. The van der Waals surface area contributed by atoms with Gasteiger partial charge in [0.05, 0.1) is 5.69 Å². The number of aliphatic hydroxyl groups is 3. The summed E-state index contributed by atoms with van der Waals surface area (Å²) in [6.07, 6.45) is -5.43. The fourth-order valence-electron chi connectivity index (χ4n) is 4.00. The summed E-state index contributed by atoms with van der Waals surface area (Å²) in [7, 11) is 1.75. The van der Waals surface area contributed by atoms with Crippen molar-refractivity contribution in [1.29, 1.82) is 0 Å². The number of nitrogens with zero attached hydrogens (tertiary/aromatic N) is 3. The summed E-state index contributed by atoms with van der Waals surface area (Å²) in [5.74, 6) is -0.890. The molecular formula is C21H25F3N6O4. The number of anilines is 3. The van der Waals surface area contributed by atoms with Gasteiger partial charge in [-0.05, 0) is 38.0 Å². The normalized spacial score (nSPS) is 22.8. The van der Waals surface area contributed by atoms with Gasteiger partial charge in [0.15, 0.2) is 11.3 Å². The van der Waals surface area contributed by atoms with Crippen molar-refractivity contribution in [3.8, 4) is 11.5 Å². The molecule has 1 aliphatic carbocycles. The number of oxazole rings is 1. The lowest BCUT2D eigenvalue weighted by atomic mass is 10.0. The maximum atomic E-state index is 12.7. The Morgan fingerprint density at radius 1 is 1.24 bits per heavy atom. The summed E-state index contributed by atoms with van der Waals surface area (Å²) < 4.78 is 44.0. The van der Waals surface area contributed by atoms with E-state index in [-0.39, 0.29) is 41.9 Å². The monoisotopic (exact) mass is 482 g/mol. The summed E-state index contributed by atoms with van der Waals surface area (Å²) in [4.78, 5) is 12.7. The molecule has 6 N–H and O–H groups in total. The summed E-state index contributed by atoms with van der Waals surface area (Å²) in [5.41, 5.74) is 0.342. The van der Waals surface area contributed by atoms with Gasteiger partial charge in [-0.3, -0.25) is 0 Å². The highest BCUT2D eigenvalue weighted by molar-refractivity contribution is 5.83. The first-order chi connectivity index (χ1) is 16.0. The number of halogens is 3. The minimum absolute atomic E-state index is 0.0716. The van der Waals surface area contributed by atoms with E-state index in [0.29, 0.717) is 17.5 Å². The molecule has 0 spiro atoms. The molecule has 2 heterocycles. The zero-order valence-electron chi connectivity index (χ0n) is 18.4. The van der Waals surface area contributed by atoms with Crippen LogP contribution in [0.3, 0.4) is 0 Å². The van der Waals surface area contributed by atoms with Crippen LogP contribution in [0.25, 0.3) is 22.6 Å². The first kappa shape index (κ1) is 24.0. The number of hydrogen-bond donors (Lipinski definition) is 6. The standard InChI is InChI=1S/C21H25F3N6O4/c1-10-15(18-28-13-7-12(25-2)3-4-14(13)34-18)17(29-19(27-10)26-9-21(22,23)24)30-20(33)6-5-11(8-31)16(20)32/h3-4,7,11,16,25,31-33H,5-6,8-9H2,1-2H3,(H2,26,27,29,30)/t11-,16-,20-/m1/s1. The van der Waals surface area contributed by atoms with Crippen molar-refractivity contribution in [2.45, 2.75) is 37.8 Å². The predicted molar refractivity (Wildman–Crippen MR) is 118 cm³/mol. The van der Waals surface area contributed by atoms with Crippen LogP contribution in [0.1, 0.15) is 18.5 Å². The van der Waals surface area contributed by atoms with Crippen LogP contribution in [0.4, 0.5) is 30.6 Å². The van der Waals surface area contributed by atoms with Crippen molar-refractivity contribution in [3.63, 3.8) is 0 Å². The Morgan fingerprint density at radius 2 is 2.00 bits per heavy atom. The Kier molecular flexibility index (Phi) is 6.27. The SMILES string of the molecule is CNc1ccc2oc(-c3c(C)nc(NCC(F)(F)F)nc3N[C@@]3(O)CC[C@H](CO)[C@H]3O)nc2c1. The lowest BCUT2D eigenvalue weighted by Gasteiger charge is -2.30. The maximum Gasteiger partial charge on any atom is 0.405 e. The van der Waals surface area contributed by atoms with Gasteiger partial charge >= 0.3 is 6.18 Å². The molecule has 0 radical (unpaired) electrons. The summed E-state index contributed by atoms with van der Waals surface area (Å²) in [6.45, 7) is -0.154. The molecule has 0 bridgehead atoms. The molecule has 0 amide bonds. The van der Waals surface area contributed by atoms with Crippen molar-refractivity contribution in [1.82, 2.24) is 15.0 Å². The second kappa shape index (κ2) is 8.89. The third-order valence-corrected chi connectivity index (χ3v) is 5.83. The molecule has 3 atom stereocenters. The quantitative estimate of drug-likeness (QED) is 0.277. The lowest BCUT2D eigenvalue weighted by molar-refractivity contribution is -0.115. The highest BCUT2D eigenvalue weighted by Crippen LogP contribution is 2.39. The zero-order valence-corrected chi connectivity index (χ0v) is 18.4. The Morgan fingerprint density at radius 3 is 2.65 bits per heavy atom. The molecule has 1 aromatic carbocycles. The number of aliphatic hydroxyl groups excluding tert-OH is 2. The Hall–Kier alpha value is -3.16. The van der Waals surface area contributed by atoms with E-state index < -0.39 is 30.5 Å². The summed E-state index contributed by atoms with van der Waals surface area (Å²) in [6, 6.07) is 5.25. The average Bonchev–Trinajstić information content (AvgIpc) is 3.31. The minimum atomic E-state index is -4.50. The number of fused-ring (bicyclic) bond motifs is 1. The molecule has 1 aliphatic rings. The molecule has 0 saturated heterocycles. The highest BCUT2D eigenvalue weighted by atomic mass is 19.4. The maximum absolute atomic E-state index is 12.7. The fourth-order valence-corrected chi connectivity index (χ4v) is 4.00. The Bertz CT molecular complexity index is 1190. The number of aromatic nitrogens is 3. The van der Waals surface area contributed by atoms with Crippen molar-refractivity contribution >= 4 is 28.6 Å². The molecule has 184 valence electrons. The molecule has 0 aliphatic heterocycles. The Labute approximate surface area is 192 Å². The van der Waals surface area contributed by atoms with Gasteiger partial charge in [0.25, 0.3) is 0 Å².